The van der Waals surface area contributed by atoms with Crippen LogP contribution in [0.5, 0.6) is 0 Å². The van der Waals surface area contributed by atoms with Gasteiger partial charge >= 0.3 is 5.97 Å². The van der Waals surface area contributed by atoms with Gasteiger partial charge in [-0.2, -0.15) is 0 Å². The zero-order chi connectivity index (χ0) is 12.5. The molecule has 0 bridgehead atoms. The molecule has 2 aromatic rings. The molecule has 0 aliphatic heterocycles. The minimum atomic E-state index is -0.753. The Bertz CT molecular complexity index is 579. The lowest BCUT2D eigenvalue weighted by atomic mass is 10.2. The molecular formula is C15H17NO2. The maximum atomic E-state index is 11.0. The highest BCUT2D eigenvalue weighted by molar-refractivity contribution is 5.83. The van der Waals surface area contributed by atoms with Crippen molar-refractivity contribution in [2.75, 3.05) is 0 Å². The summed E-state index contributed by atoms with van der Waals surface area (Å²) in [5.74, 6) is -0.753. The molecule has 1 saturated carbocycles. The first-order valence-electron chi connectivity index (χ1n) is 6.56. The van der Waals surface area contributed by atoms with Crippen LogP contribution in [0, 0.1) is 0 Å². The number of carboxylic acid groups (broad SMARTS) is 1. The highest BCUT2D eigenvalue weighted by Crippen LogP contribution is 2.34. The number of hydrogen-bond donors (Lipinski definition) is 1. The first kappa shape index (κ1) is 11.3. The van der Waals surface area contributed by atoms with E-state index in [1.54, 1.807) is 0 Å². The van der Waals surface area contributed by atoms with Gasteiger partial charge in [0.05, 0.1) is 6.42 Å². The highest BCUT2D eigenvalue weighted by atomic mass is 16.4. The smallest absolute Gasteiger partial charge is 0.309 e. The molecule has 1 fully saturated rings. The van der Waals surface area contributed by atoms with Crippen LogP contribution in [0.25, 0.3) is 10.9 Å². The lowest BCUT2D eigenvalue weighted by Gasteiger charge is -2.17. The van der Waals surface area contributed by atoms with Gasteiger partial charge in [0.25, 0.3) is 0 Å². The number of benzene rings is 1. The second-order valence-corrected chi connectivity index (χ2v) is 5.07. The number of aliphatic carboxylic acids is 1. The lowest BCUT2D eigenvalue weighted by Crippen LogP contribution is -2.11. The first-order chi connectivity index (χ1) is 8.75. The monoisotopic (exact) mass is 243 g/mol. The number of fused-ring (bicyclic) bond motifs is 1. The minimum Gasteiger partial charge on any atom is -0.481 e. The van der Waals surface area contributed by atoms with E-state index >= 15 is 0 Å². The van der Waals surface area contributed by atoms with Crippen LogP contribution < -0.4 is 0 Å². The van der Waals surface area contributed by atoms with E-state index in [4.69, 9.17) is 5.11 Å². The fourth-order valence-electron chi connectivity index (χ4n) is 3.12. The highest BCUT2D eigenvalue weighted by Gasteiger charge is 2.22. The second-order valence-electron chi connectivity index (χ2n) is 5.07. The van der Waals surface area contributed by atoms with Crippen molar-refractivity contribution in [3.63, 3.8) is 0 Å². The van der Waals surface area contributed by atoms with Crippen molar-refractivity contribution in [3.8, 4) is 0 Å². The van der Waals surface area contributed by atoms with Crippen LogP contribution in [0.2, 0.25) is 0 Å². The molecule has 1 aliphatic carbocycles. The fraction of sp³-hybridized carbons (Fsp3) is 0.400. The van der Waals surface area contributed by atoms with E-state index in [1.807, 2.05) is 18.2 Å². The van der Waals surface area contributed by atoms with Crippen LogP contribution >= 0.6 is 0 Å². The van der Waals surface area contributed by atoms with Crippen LogP contribution in [0.1, 0.15) is 37.4 Å². The number of hydrogen-bond acceptors (Lipinski definition) is 1. The summed E-state index contributed by atoms with van der Waals surface area (Å²) in [5, 5.41) is 10.2. The van der Waals surface area contributed by atoms with Crippen molar-refractivity contribution in [2.24, 2.45) is 0 Å². The maximum absolute atomic E-state index is 11.0. The Morgan fingerprint density at radius 3 is 2.72 bits per heavy atom. The number of carbonyl (C=O) groups is 1. The fourth-order valence-corrected chi connectivity index (χ4v) is 3.12. The lowest BCUT2D eigenvalue weighted by molar-refractivity contribution is -0.136. The number of aromatic nitrogens is 1. The van der Waals surface area contributed by atoms with Gasteiger partial charge in [-0.1, -0.05) is 31.0 Å². The van der Waals surface area contributed by atoms with Gasteiger partial charge in [0.1, 0.15) is 0 Å². The second kappa shape index (κ2) is 4.48. The Hall–Kier alpha value is -1.77. The van der Waals surface area contributed by atoms with Gasteiger partial charge in [-0.05, 0) is 30.4 Å². The number of para-hydroxylation sites is 1. The summed E-state index contributed by atoms with van der Waals surface area (Å²) >= 11 is 0. The predicted molar refractivity (Wildman–Crippen MR) is 70.8 cm³/mol. The molecule has 0 saturated heterocycles. The molecule has 0 atom stereocenters. The first-order valence-corrected chi connectivity index (χ1v) is 6.56. The molecule has 0 spiro atoms. The van der Waals surface area contributed by atoms with E-state index in [0.29, 0.717) is 6.04 Å². The van der Waals surface area contributed by atoms with E-state index in [-0.39, 0.29) is 6.42 Å². The molecule has 3 rings (SSSR count). The maximum Gasteiger partial charge on any atom is 0.309 e. The third-order valence-electron chi connectivity index (χ3n) is 3.85. The zero-order valence-corrected chi connectivity index (χ0v) is 10.3. The third kappa shape index (κ3) is 1.90. The Labute approximate surface area is 106 Å². The Morgan fingerprint density at radius 1 is 1.28 bits per heavy atom. The summed E-state index contributed by atoms with van der Waals surface area (Å²) in [6.07, 6.45) is 4.97. The molecule has 94 valence electrons. The van der Waals surface area contributed by atoms with Gasteiger partial charge in [0, 0.05) is 17.3 Å². The predicted octanol–water partition coefficient (Wildman–Crippen LogP) is 3.38. The summed E-state index contributed by atoms with van der Waals surface area (Å²) in [4.78, 5) is 11.0. The zero-order valence-electron chi connectivity index (χ0n) is 10.3. The molecule has 18 heavy (non-hydrogen) atoms. The number of nitrogens with zero attached hydrogens (tertiary/aromatic N) is 1. The molecule has 1 aromatic carbocycles. The van der Waals surface area contributed by atoms with Gasteiger partial charge in [-0.15, -0.1) is 0 Å². The van der Waals surface area contributed by atoms with E-state index in [2.05, 4.69) is 16.7 Å². The molecule has 1 heterocycles. The van der Waals surface area contributed by atoms with Crippen molar-refractivity contribution in [3.05, 3.63) is 36.0 Å². The van der Waals surface area contributed by atoms with Crippen LogP contribution in [0.3, 0.4) is 0 Å². The molecule has 3 heteroatoms. The van der Waals surface area contributed by atoms with Gasteiger partial charge in [0.15, 0.2) is 0 Å². The summed E-state index contributed by atoms with van der Waals surface area (Å²) < 4.78 is 2.26. The molecule has 0 unspecified atom stereocenters. The third-order valence-corrected chi connectivity index (χ3v) is 3.85. The largest absolute Gasteiger partial charge is 0.481 e. The summed E-state index contributed by atoms with van der Waals surface area (Å²) in [6.45, 7) is 0. The molecular weight excluding hydrogens is 226 g/mol. The quantitative estimate of drug-likeness (QED) is 0.897. The molecule has 1 N–H and O–H groups in total. The summed E-state index contributed by atoms with van der Waals surface area (Å²) in [7, 11) is 0. The average molecular weight is 243 g/mol. The SMILES string of the molecule is O=C(O)Cc1cc2ccccc2n1C1CCCC1. The van der Waals surface area contributed by atoms with E-state index < -0.39 is 5.97 Å². The Kier molecular flexibility index (Phi) is 2.82. The molecule has 0 amide bonds. The van der Waals surface area contributed by atoms with Crippen molar-refractivity contribution >= 4 is 16.9 Å². The average Bonchev–Trinajstić information content (AvgIpc) is 2.93. The van der Waals surface area contributed by atoms with Crippen LogP contribution in [-0.2, 0) is 11.2 Å². The number of rotatable bonds is 3. The van der Waals surface area contributed by atoms with E-state index in [9.17, 15) is 4.79 Å². The van der Waals surface area contributed by atoms with E-state index in [0.717, 1.165) is 11.1 Å². The molecule has 1 aliphatic rings. The van der Waals surface area contributed by atoms with Crippen molar-refractivity contribution in [1.29, 1.82) is 0 Å². The van der Waals surface area contributed by atoms with Crippen LogP contribution in [-0.4, -0.2) is 15.6 Å². The summed E-state index contributed by atoms with van der Waals surface area (Å²) in [5.41, 5.74) is 2.12. The number of carboxylic acids is 1. The van der Waals surface area contributed by atoms with Crippen molar-refractivity contribution in [2.45, 2.75) is 38.1 Å². The van der Waals surface area contributed by atoms with Gasteiger partial charge in [0.2, 0.25) is 0 Å². The van der Waals surface area contributed by atoms with Crippen LogP contribution in [0.4, 0.5) is 0 Å². The molecule has 1 aromatic heterocycles. The Balaban J connectivity index is 2.13. The van der Waals surface area contributed by atoms with Gasteiger partial charge in [-0.25, -0.2) is 0 Å². The minimum absolute atomic E-state index is 0.116. The van der Waals surface area contributed by atoms with Crippen LogP contribution in [0.15, 0.2) is 30.3 Å². The van der Waals surface area contributed by atoms with E-state index in [1.165, 1.54) is 31.2 Å². The molecule has 0 radical (unpaired) electrons. The van der Waals surface area contributed by atoms with Gasteiger partial charge < -0.3 is 9.67 Å². The topological polar surface area (TPSA) is 42.2 Å². The van der Waals surface area contributed by atoms with Crippen molar-refractivity contribution in [1.82, 2.24) is 4.57 Å². The standard InChI is InChI=1S/C15H17NO2/c17-15(18)10-13-9-11-5-1-4-8-14(11)16(13)12-6-2-3-7-12/h1,4-5,8-9,12H,2-3,6-7,10H2,(H,17,18). The normalized spacial score (nSPS) is 16.4. The summed E-state index contributed by atoms with van der Waals surface area (Å²) in [6, 6.07) is 10.7. The van der Waals surface area contributed by atoms with Crippen molar-refractivity contribution < 1.29 is 9.90 Å². The molecule has 3 nitrogen and oxygen atoms in total. The Morgan fingerprint density at radius 2 is 2.00 bits per heavy atom. The van der Waals surface area contributed by atoms with Gasteiger partial charge in [-0.3, -0.25) is 4.79 Å².